The van der Waals surface area contributed by atoms with Crippen molar-refractivity contribution >= 4 is 15.8 Å². The zero-order valence-corrected chi connectivity index (χ0v) is 14.0. The topological polar surface area (TPSA) is 69.7 Å². The van der Waals surface area contributed by atoms with Crippen molar-refractivity contribution in [2.45, 2.75) is 18.6 Å². The lowest BCUT2D eigenvalue weighted by atomic mass is 10.2. The highest BCUT2D eigenvalue weighted by atomic mass is 32.2. The maximum atomic E-state index is 12.0. The predicted molar refractivity (Wildman–Crippen MR) is 87.5 cm³/mol. The van der Waals surface area contributed by atoms with E-state index in [0.29, 0.717) is 11.5 Å². The minimum Gasteiger partial charge on any atom is -0.457 e. The Balaban J connectivity index is 2.07. The van der Waals surface area contributed by atoms with Gasteiger partial charge in [0.1, 0.15) is 17.2 Å². The number of hydrogen-bond donors (Lipinski definition) is 0. The van der Waals surface area contributed by atoms with Gasteiger partial charge < -0.3 is 9.47 Å². The Kier molecular flexibility index (Phi) is 4.75. The Bertz CT molecular complexity index is 777. The van der Waals surface area contributed by atoms with Crippen LogP contribution in [0.1, 0.15) is 13.8 Å². The molecule has 0 saturated heterocycles. The van der Waals surface area contributed by atoms with Gasteiger partial charge in [0.2, 0.25) is 0 Å². The van der Waals surface area contributed by atoms with Gasteiger partial charge in [0.15, 0.2) is 14.6 Å². The maximum absolute atomic E-state index is 12.0. The van der Waals surface area contributed by atoms with Gasteiger partial charge in [-0.1, -0.05) is 18.2 Å². The molecule has 0 heterocycles. The van der Waals surface area contributed by atoms with Gasteiger partial charge in [-0.05, 0) is 50.2 Å². The Morgan fingerprint density at radius 2 is 1.35 bits per heavy atom. The van der Waals surface area contributed by atoms with Gasteiger partial charge in [-0.2, -0.15) is 0 Å². The summed E-state index contributed by atoms with van der Waals surface area (Å²) >= 11 is 0. The predicted octanol–water partition coefficient (Wildman–Crippen LogP) is 3.21. The van der Waals surface area contributed by atoms with Crippen LogP contribution in [0, 0.1) is 0 Å². The molecule has 2 aromatic carbocycles. The molecule has 0 aromatic heterocycles. The molecule has 2 aromatic rings. The summed E-state index contributed by atoms with van der Waals surface area (Å²) in [6, 6.07) is 15.6. The molecule has 0 amide bonds. The number of sulfone groups is 1. The minimum absolute atomic E-state index is 0.257. The SMILES string of the molecule is CC(C)(C(=O)Oc1ccc(Oc2ccccc2)cc1)S(C)(=O)=O. The Labute approximate surface area is 135 Å². The summed E-state index contributed by atoms with van der Waals surface area (Å²) in [6.07, 6.45) is 1.01. The summed E-state index contributed by atoms with van der Waals surface area (Å²) in [6.45, 7) is 2.63. The molecular weight excluding hydrogens is 316 g/mol. The number of carbonyl (C=O) groups is 1. The molecule has 0 bridgehead atoms. The monoisotopic (exact) mass is 334 g/mol. The van der Waals surface area contributed by atoms with Crippen molar-refractivity contribution in [3.05, 3.63) is 54.6 Å². The van der Waals surface area contributed by atoms with Crippen LogP contribution in [0.3, 0.4) is 0 Å². The molecule has 23 heavy (non-hydrogen) atoms. The van der Waals surface area contributed by atoms with Crippen molar-refractivity contribution in [1.82, 2.24) is 0 Å². The molecule has 0 atom stereocenters. The number of ether oxygens (including phenoxy) is 2. The Morgan fingerprint density at radius 3 is 1.87 bits per heavy atom. The lowest BCUT2D eigenvalue weighted by Gasteiger charge is -2.20. The zero-order valence-electron chi connectivity index (χ0n) is 13.1. The molecule has 0 fully saturated rings. The van der Waals surface area contributed by atoms with Crippen LogP contribution < -0.4 is 9.47 Å². The summed E-state index contributed by atoms with van der Waals surface area (Å²) in [5, 5.41) is 0. The van der Waals surface area contributed by atoms with Crippen molar-refractivity contribution < 1.29 is 22.7 Å². The molecule has 0 unspecified atom stereocenters. The molecule has 6 heteroatoms. The van der Waals surface area contributed by atoms with E-state index in [4.69, 9.17) is 9.47 Å². The van der Waals surface area contributed by atoms with Gasteiger partial charge in [0.25, 0.3) is 0 Å². The molecule has 2 rings (SSSR count). The van der Waals surface area contributed by atoms with Gasteiger partial charge in [0.05, 0.1) is 0 Å². The normalized spacial score (nSPS) is 11.8. The molecular formula is C17H18O5S. The van der Waals surface area contributed by atoms with Crippen LogP contribution in [-0.4, -0.2) is 25.4 Å². The van der Waals surface area contributed by atoms with E-state index in [1.165, 1.54) is 13.8 Å². The fourth-order valence-electron chi connectivity index (χ4n) is 1.58. The molecule has 0 saturated carbocycles. The summed E-state index contributed by atoms with van der Waals surface area (Å²) in [5.74, 6) is 0.706. The molecule has 0 spiro atoms. The van der Waals surface area contributed by atoms with Crippen molar-refractivity contribution in [3.8, 4) is 17.2 Å². The third-order valence-corrected chi connectivity index (χ3v) is 5.45. The molecule has 0 aliphatic carbocycles. The molecule has 122 valence electrons. The van der Waals surface area contributed by atoms with Crippen LogP contribution in [0.5, 0.6) is 17.2 Å². The molecule has 0 aliphatic heterocycles. The van der Waals surface area contributed by atoms with Crippen molar-refractivity contribution in [2.75, 3.05) is 6.26 Å². The van der Waals surface area contributed by atoms with E-state index >= 15 is 0 Å². The second kappa shape index (κ2) is 6.42. The summed E-state index contributed by atoms with van der Waals surface area (Å²) < 4.78 is 32.4. The first kappa shape index (κ1) is 17.0. The Morgan fingerprint density at radius 1 is 0.870 bits per heavy atom. The quantitative estimate of drug-likeness (QED) is 0.620. The smallest absolute Gasteiger partial charge is 0.332 e. The van der Waals surface area contributed by atoms with E-state index in [1.54, 1.807) is 24.3 Å². The van der Waals surface area contributed by atoms with Crippen LogP contribution >= 0.6 is 0 Å². The number of para-hydroxylation sites is 1. The second-order valence-electron chi connectivity index (χ2n) is 5.56. The molecule has 0 radical (unpaired) electrons. The molecule has 0 N–H and O–H groups in total. The van der Waals surface area contributed by atoms with Crippen LogP contribution in [0.25, 0.3) is 0 Å². The van der Waals surface area contributed by atoms with Gasteiger partial charge in [0, 0.05) is 6.26 Å². The van der Waals surface area contributed by atoms with E-state index in [9.17, 15) is 13.2 Å². The highest BCUT2D eigenvalue weighted by Gasteiger charge is 2.40. The molecule has 5 nitrogen and oxygen atoms in total. The van der Waals surface area contributed by atoms with Crippen LogP contribution in [-0.2, 0) is 14.6 Å². The fourth-order valence-corrected chi connectivity index (χ4v) is 1.93. The number of esters is 1. The number of rotatable bonds is 5. The van der Waals surface area contributed by atoms with Crippen molar-refractivity contribution in [1.29, 1.82) is 0 Å². The first-order valence-electron chi connectivity index (χ1n) is 6.95. The summed E-state index contributed by atoms with van der Waals surface area (Å²) in [7, 11) is -3.57. The third kappa shape index (κ3) is 4.10. The van der Waals surface area contributed by atoms with E-state index in [1.807, 2.05) is 30.3 Å². The highest BCUT2D eigenvalue weighted by Crippen LogP contribution is 2.25. The van der Waals surface area contributed by atoms with Crippen LogP contribution in [0.15, 0.2) is 54.6 Å². The second-order valence-corrected chi connectivity index (χ2v) is 8.12. The largest absolute Gasteiger partial charge is 0.457 e. The van der Waals surface area contributed by atoms with E-state index in [2.05, 4.69) is 0 Å². The number of benzene rings is 2. The van der Waals surface area contributed by atoms with E-state index in [0.717, 1.165) is 6.26 Å². The van der Waals surface area contributed by atoms with Gasteiger partial charge in [-0.3, -0.25) is 0 Å². The van der Waals surface area contributed by atoms with E-state index in [-0.39, 0.29) is 5.75 Å². The van der Waals surface area contributed by atoms with Gasteiger partial charge in [-0.15, -0.1) is 0 Å². The van der Waals surface area contributed by atoms with Crippen molar-refractivity contribution in [2.24, 2.45) is 0 Å². The Hall–Kier alpha value is -2.34. The van der Waals surface area contributed by atoms with E-state index < -0.39 is 20.6 Å². The average Bonchev–Trinajstić information content (AvgIpc) is 2.49. The van der Waals surface area contributed by atoms with Crippen molar-refractivity contribution in [3.63, 3.8) is 0 Å². The summed E-state index contributed by atoms with van der Waals surface area (Å²) in [4.78, 5) is 12.0. The zero-order chi connectivity index (χ0) is 17.1. The highest BCUT2D eigenvalue weighted by molar-refractivity contribution is 7.92. The minimum atomic E-state index is -3.57. The third-order valence-electron chi connectivity index (χ3n) is 3.43. The first-order chi connectivity index (χ1) is 10.7. The first-order valence-corrected chi connectivity index (χ1v) is 8.84. The van der Waals surface area contributed by atoms with Crippen LogP contribution in [0.2, 0.25) is 0 Å². The summed E-state index contributed by atoms with van der Waals surface area (Å²) in [5.41, 5.74) is 0. The fraction of sp³-hybridized carbons (Fsp3) is 0.235. The number of hydrogen-bond acceptors (Lipinski definition) is 5. The lowest BCUT2D eigenvalue weighted by Crippen LogP contribution is -2.42. The number of carbonyl (C=O) groups excluding carboxylic acids is 1. The van der Waals surface area contributed by atoms with Crippen LogP contribution in [0.4, 0.5) is 0 Å². The lowest BCUT2D eigenvalue weighted by molar-refractivity contribution is -0.136. The average molecular weight is 334 g/mol. The maximum Gasteiger partial charge on any atom is 0.332 e. The van der Waals surface area contributed by atoms with Gasteiger partial charge in [-0.25, -0.2) is 13.2 Å². The molecule has 0 aliphatic rings. The standard InChI is InChI=1S/C17H18O5S/c1-17(2,23(3,19)20)16(18)22-15-11-9-14(10-12-15)21-13-7-5-4-6-8-13/h4-12H,1-3H3. The van der Waals surface area contributed by atoms with Gasteiger partial charge >= 0.3 is 5.97 Å².